The summed E-state index contributed by atoms with van der Waals surface area (Å²) >= 11 is 0. The lowest BCUT2D eigenvalue weighted by molar-refractivity contribution is -0.123. The van der Waals surface area contributed by atoms with Crippen molar-refractivity contribution in [1.82, 2.24) is 0 Å². The van der Waals surface area contributed by atoms with Crippen molar-refractivity contribution in [2.45, 2.75) is 31.7 Å². The van der Waals surface area contributed by atoms with Crippen molar-refractivity contribution in [3.8, 4) is 0 Å². The number of halogens is 1. The minimum Gasteiger partial charge on any atom is -0.304 e. The third kappa shape index (κ3) is 3.09. The number of carbonyl (C=O) groups excluding carboxylic acids is 2. The molecule has 8 heteroatoms. The molecule has 1 saturated heterocycles. The standard InChI is InChI=1S/C26H23FN2O4S/c1-3-18-5-4-6-21(14-18)29-24(30)16-34(32,33)26(29)22-13-17(2)7-12-23(22)28(25(26)31)15-19-8-10-20(27)11-9-19/h4-14H,3,15-16H2,1-2H3/t26-/m0/s1. The number of hydrogen-bond donors (Lipinski definition) is 0. The fourth-order valence-electron chi connectivity index (χ4n) is 4.90. The highest BCUT2D eigenvalue weighted by Crippen LogP contribution is 2.53. The lowest BCUT2D eigenvalue weighted by Gasteiger charge is -2.33. The molecule has 2 aliphatic rings. The first kappa shape index (κ1) is 22.3. The van der Waals surface area contributed by atoms with E-state index in [0.29, 0.717) is 23.4 Å². The third-order valence-electron chi connectivity index (χ3n) is 6.50. The summed E-state index contributed by atoms with van der Waals surface area (Å²) in [4.78, 5) is 27.7. The zero-order valence-electron chi connectivity index (χ0n) is 18.8. The predicted octanol–water partition coefficient (Wildman–Crippen LogP) is 3.86. The molecule has 1 spiro atoms. The van der Waals surface area contributed by atoms with Crippen LogP contribution in [0.2, 0.25) is 0 Å². The SMILES string of the molecule is CCc1cccc(N2C(=O)CS(=O)(=O)[C@@]23C(=O)N(Cc2ccc(F)cc2)c2ccc(C)cc23)c1. The zero-order valence-corrected chi connectivity index (χ0v) is 19.6. The number of fused-ring (bicyclic) bond motifs is 2. The number of anilines is 2. The van der Waals surface area contributed by atoms with Crippen molar-refractivity contribution in [3.63, 3.8) is 0 Å². The Bertz CT molecular complexity index is 1440. The summed E-state index contributed by atoms with van der Waals surface area (Å²) in [5, 5.41) is 0. The van der Waals surface area contributed by atoms with Gasteiger partial charge in [0.05, 0.1) is 12.2 Å². The first-order valence-corrected chi connectivity index (χ1v) is 12.7. The monoisotopic (exact) mass is 478 g/mol. The molecule has 6 nitrogen and oxygen atoms in total. The number of aryl methyl sites for hydroxylation is 2. The van der Waals surface area contributed by atoms with Crippen LogP contribution in [0.5, 0.6) is 0 Å². The van der Waals surface area contributed by atoms with Gasteiger partial charge in [-0.1, -0.05) is 42.8 Å². The summed E-state index contributed by atoms with van der Waals surface area (Å²) in [5.41, 5.74) is 3.39. The third-order valence-corrected chi connectivity index (χ3v) is 8.61. The van der Waals surface area contributed by atoms with Crippen molar-refractivity contribution in [2.75, 3.05) is 15.6 Å². The summed E-state index contributed by atoms with van der Waals surface area (Å²) < 4.78 is 40.8. The van der Waals surface area contributed by atoms with Gasteiger partial charge >= 0.3 is 0 Å². The Hall–Kier alpha value is -3.52. The molecule has 0 aromatic heterocycles. The summed E-state index contributed by atoms with van der Waals surface area (Å²) in [6.07, 6.45) is 0.690. The van der Waals surface area contributed by atoms with Gasteiger partial charge < -0.3 is 4.90 Å². The highest BCUT2D eigenvalue weighted by atomic mass is 32.2. The molecule has 0 N–H and O–H groups in total. The van der Waals surface area contributed by atoms with Crippen LogP contribution in [-0.2, 0) is 37.3 Å². The number of amides is 2. The summed E-state index contributed by atoms with van der Waals surface area (Å²) in [7, 11) is -4.24. The second-order valence-corrected chi connectivity index (χ2v) is 10.8. The number of nitrogens with zero attached hydrogens (tertiary/aromatic N) is 2. The number of sulfone groups is 1. The van der Waals surface area contributed by atoms with E-state index in [9.17, 15) is 22.4 Å². The smallest absolute Gasteiger partial charge is 0.274 e. The van der Waals surface area contributed by atoms with Crippen molar-refractivity contribution in [3.05, 3.63) is 94.8 Å². The van der Waals surface area contributed by atoms with Crippen molar-refractivity contribution in [2.24, 2.45) is 0 Å². The summed E-state index contributed by atoms with van der Waals surface area (Å²) in [6, 6.07) is 17.9. The highest BCUT2D eigenvalue weighted by molar-refractivity contribution is 7.94. The van der Waals surface area contributed by atoms with E-state index in [1.165, 1.54) is 17.0 Å². The number of benzene rings is 3. The van der Waals surface area contributed by atoms with Gasteiger partial charge in [-0.05, 0) is 60.9 Å². The molecule has 3 aromatic rings. The number of carbonyl (C=O) groups is 2. The quantitative estimate of drug-likeness (QED) is 0.571. The maximum atomic E-state index is 14.1. The van der Waals surface area contributed by atoms with E-state index in [1.807, 2.05) is 19.9 Å². The molecule has 0 unspecified atom stereocenters. The Morgan fingerprint density at radius 1 is 0.971 bits per heavy atom. The molecule has 34 heavy (non-hydrogen) atoms. The second-order valence-electron chi connectivity index (χ2n) is 8.69. The van der Waals surface area contributed by atoms with Crippen LogP contribution in [0.25, 0.3) is 0 Å². The van der Waals surface area contributed by atoms with Gasteiger partial charge in [0.25, 0.3) is 10.8 Å². The van der Waals surface area contributed by atoms with E-state index >= 15 is 0 Å². The Morgan fingerprint density at radius 3 is 2.41 bits per heavy atom. The van der Waals surface area contributed by atoms with Crippen LogP contribution in [0.3, 0.4) is 0 Å². The molecule has 0 radical (unpaired) electrons. The number of rotatable bonds is 4. The largest absolute Gasteiger partial charge is 0.304 e. The van der Waals surface area contributed by atoms with Gasteiger partial charge in [-0.25, -0.2) is 12.8 Å². The van der Waals surface area contributed by atoms with Crippen molar-refractivity contribution < 1.29 is 22.4 Å². The van der Waals surface area contributed by atoms with Gasteiger partial charge in [0.2, 0.25) is 5.91 Å². The van der Waals surface area contributed by atoms with Gasteiger partial charge in [0.1, 0.15) is 11.6 Å². The molecule has 0 bridgehead atoms. The maximum Gasteiger partial charge on any atom is 0.274 e. The minimum absolute atomic E-state index is 0.0451. The first-order valence-electron chi connectivity index (χ1n) is 11.0. The van der Waals surface area contributed by atoms with Gasteiger partial charge in [-0.2, -0.15) is 0 Å². The van der Waals surface area contributed by atoms with Gasteiger partial charge in [-0.3, -0.25) is 14.5 Å². The lowest BCUT2D eigenvalue weighted by atomic mass is 10.0. The van der Waals surface area contributed by atoms with Gasteiger partial charge in [-0.15, -0.1) is 0 Å². The molecule has 1 atom stereocenters. The molecule has 0 aliphatic carbocycles. The molecule has 1 fully saturated rings. The molecule has 3 aromatic carbocycles. The average Bonchev–Trinajstić information content (AvgIpc) is 3.17. The fourth-order valence-corrected chi connectivity index (χ4v) is 6.92. The Balaban J connectivity index is 1.75. The van der Waals surface area contributed by atoms with Crippen molar-refractivity contribution in [1.29, 1.82) is 0 Å². The topological polar surface area (TPSA) is 74.8 Å². The van der Waals surface area contributed by atoms with E-state index < -0.39 is 38.1 Å². The van der Waals surface area contributed by atoms with E-state index in [-0.39, 0.29) is 12.1 Å². The summed E-state index contributed by atoms with van der Waals surface area (Å²) in [6.45, 7) is 3.82. The van der Waals surface area contributed by atoms with Crippen LogP contribution in [0.1, 0.15) is 29.2 Å². The molecule has 174 valence electrons. The normalized spacial score (nSPS) is 20.9. The number of hydrogen-bond acceptors (Lipinski definition) is 4. The predicted molar refractivity (Wildman–Crippen MR) is 128 cm³/mol. The molecular formula is C26H23FN2O4S. The van der Waals surface area contributed by atoms with Gasteiger partial charge in [0, 0.05) is 11.3 Å². The molecular weight excluding hydrogens is 455 g/mol. The van der Waals surface area contributed by atoms with E-state index in [2.05, 4.69) is 0 Å². The Kier molecular flexibility index (Phi) is 5.09. The Labute approximate surface area is 197 Å². The van der Waals surface area contributed by atoms with E-state index in [1.54, 1.807) is 48.5 Å². The summed E-state index contributed by atoms with van der Waals surface area (Å²) in [5.74, 6) is -2.51. The maximum absolute atomic E-state index is 14.1. The molecule has 2 amide bonds. The fraction of sp³-hybridized carbons (Fsp3) is 0.231. The van der Waals surface area contributed by atoms with Crippen molar-refractivity contribution >= 4 is 33.0 Å². The second kappa shape index (κ2) is 7.77. The minimum atomic E-state index is -4.24. The van der Waals surface area contributed by atoms with Gasteiger partial charge in [0.15, 0.2) is 9.84 Å². The van der Waals surface area contributed by atoms with Crippen LogP contribution in [0, 0.1) is 12.7 Å². The van der Waals surface area contributed by atoms with Crippen LogP contribution in [0.4, 0.5) is 15.8 Å². The van der Waals surface area contributed by atoms with Crippen LogP contribution >= 0.6 is 0 Å². The Morgan fingerprint density at radius 2 is 1.71 bits per heavy atom. The average molecular weight is 479 g/mol. The first-order chi connectivity index (χ1) is 16.2. The van der Waals surface area contributed by atoms with E-state index in [4.69, 9.17) is 0 Å². The molecule has 0 saturated carbocycles. The molecule has 5 rings (SSSR count). The molecule has 2 aliphatic heterocycles. The van der Waals surface area contributed by atoms with Crippen LogP contribution in [0.15, 0.2) is 66.7 Å². The van der Waals surface area contributed by atoms with E-state index in [0.717, 1.165) is 16.0 Å². The van der Waals surface area contributed by atoms with Crippen LogP contribution in [-0.4, -0.2) is 26.0 Å². The highest BCUT2D eigenvalue weighted by Gasteiger charge is 2.69. The van der Waals surface area contributed by atoms with Crippen LogP contribution < -0.4 is 9.80 Å². The lowest BCUT2D eigenvalue weighted by Crippen LogP contribution is -2.54. The molecule has 2 heterocycles. The zero-order chi connectivity index (χ0) is 24.3.